The van der Waals surface area contributed by atoms with E-state index in [2.05, 4.69) is 36.2 Å². The minimum atomic E-state index is 0.791. The molecule has 2 nitrogen and oxygen atoms in total. The highest BCUT2D eigenvalue weighted by Crippen LogP contribution is 2.15. The lowest BCUT2D eigenvalue weighted by molar-refractivity contribution is 1.32. The third kappa shape index (κ3) is 2.46. The first-order chi connectivity index (χ1) is 6.65. The molecule has 0 radical (unpaired) electrons. The SMILES string of the molecule is CN=C/C(=C(/C)N)c1ccc(C)cc1. The Hall–Kier alpha value is -1.57. The van der Waals surface area contributed by atoms with Crippen LogP contribution in [0.2, 0.25) is 0 Å². The monoisotopic (exact) mass is 188 g/mol. The molecule has 0 aromatic heterocycles. The second kappa shape index (κ2) is 4.61. The summed E-state index contributed by atoms with van der Waals surface area (Å²) >= 11 is 0. The average Bonchev–Trinajstić information content (AvgIpc) is 2.15. The quantitative estimate of drug-likeness (QED) is 0.711. The number of allylic oxidation sites excluding steroid dienone is 2. The molecular weight excluding hydrogens is 172 g/mol. The van der Waals surface area contributed by atoms with Crippen LogP contribution in [0.25, 0.3) is 5.57 Å². The molecule has 14 heavy (non-hydrogen) atoms. The van der Waals surface area contributed by atoms with Gasteiger partial charge in [-0.05, 0) is 19.4 Å². The van der Waals surface area contributed by atoms with Gasteiger partial charge in [0.2, 0.25) is 0 Å². The molecule has 0 saturated heterocycles. The van der Waals surface area contributed by atoms with Gasteiger partial charge in [-0.2, -0.15) is 0 Å². The molecule has 0 aliphatic rings. The highest BCUT2D eigenvalue weighted by Gasteiger charge is 2.00. The van der Waals surface area contributed by atoms with Crippen molar-refractivity contribution in [2.75, 3.05) is 7.05 Å². The third-order valence-electron chi connectivity index (χ3n) is 2.05. The van der Waals surface area contributed by atoms with Crippen LogP contribution in [0.5, 0.6) is 0 Å². The van der Waals surface area contributed by atoms with Crippen LogP contribution in [0, 0.1) is 6.92 Å². The molecule has 2 heteroatoms. The maximum atomic E-state index is 5.78. The summed E-state index contributed by atoms with van der Waals surface area (Å²) in [7, 11) is 1.75. The fourth-order valence-corrected chi connectivity index (χ4v) is 1.27. The molecule has 1 rings (SSSR count). The van der Waals surface area contributed by atoms with E-state index >= 15 is 0 Å². The van der Waals surface area contributed by atoms with Crippen LogP contribution in [-0.4, -0.2) is 13.3 Å². The summed E-state index contributed by atoms with van der Waals surface area (Å²) in [4.78, 5) is 3.99. The summed E-state index contributed by atoms with van der Waals surface area (Å²) in [6, 6.07) is 8.26. The van der Waals surface area contributed by atoms with E-state index in [1.54, 1.807) is 13.3 Å². The number of rotatable bonds is 2. The van der Waals surface area contributed by atoms with Gasteiger partial charge >= 0.3 is 0 Å². The number of aliphatic imine (C=N–C) groups is 1. The Bertz CT molecular complexity index is 354. The van der Waals surface area contributed by atoms with Crippen LogP contribution in [0.4, 0.5) is 0 Å². The minimum absolute atomic E-state index is 0.791. The molecule has 0 saturated carbocycles. The van der Waals surface area contributed by atoms with Gasteiger partial charge < -0.3 is 5.73 Å². The molecule has 0 unspecified atom stereocenters. The van der Waals surface area contributed by atoms with Gasteiger partial charge in [-0.25, -0.2) is 0 Å². The van der Waals surface area contributed by atoms with E-state index in [9.17, 15) is 0 Å². The van der Waals surface area contributed by atoms with Gasteiger partial charge in [-0.15, -0.1) is 0 Å². The van der Waals surface area contributed by atoms with Crippen LogP contribution in [0.1, 0.15) is 18.1 Å². The van der Waals surface area contributed by atoms with E-state index in [1.165, 1.54) is 5.56 Å². The van der Waals surface area contributed by atoms with Crippen molar-refractivity contribution >= 4 is 11.8 Å². The van der Waals surface area contributed by atoms with Crippen molar-refractivity contribution in [3.05, 3.63) is 41.1 Å². The molecule has 0 aliphatic heterocycles. The zero-order valence-electron chi connectivity index (χ0n) is 8.91. The Balaban J connectivity index is 3.14. The van der Waals surface area contributed by atoms with Gasteiger partial charge in [0.05, 0.1) is 0 Å². The van der Waals surface area contributed by atoms with E-state index in [0.717, 1.165) is 16.8 Å². The topological polar surface area (TPSA) is 38.4 Å². The highest BCUT2D eigenvalue weighted by molar-refractivity contribution is 6.10. The number of benzene rings is 1. The smallest absolute Gasteiger partial charge is 0.0304 e. The number of aryl methyl sites for hydroxylation is 1. The summed E-state index contributed by atoms with van der Waals surface area (Å²) < 4.78 is 0. The van der Waals surface area contributed by atoms with Crippen molar-refractivity contribution in [3.63, 3.8) is 0 Å². The van der Waals surface area contributed by atoms with Crippen molar-refractivity contribution in [2.45, 2.75) is 13.8 Å². The number of nitrogens with zero attached hydrogens (tertiary/aromatic N) is 1. The molecule has 0 heterocycles. The largest absolute Gasteiger partial charge is 0.402 e. The van der Waals surface area contributed by atoms with Crippen molar-refractivity contribution < 1.29 is 0 Å². The number of nitrogens with two attached hydrogens (primary N) is 1. The molecule has 1 aromatic carbocycles. The lowest BCUT2D eigenvalue weighted by atomic mass is 10.0. The molecule has 0 spiro atoms. The predicted molar refractivity (Wildman–Crippen MR) is 62.4 cm³/mol. The van der Waals surface area contributed by atoms with Crippen molar-refractivity contribution in [2.24, 2.45) is 10.7 Å². The standard InChI is InChI=1S/C12H16N2/c1-9-4-6-11(7-5-9)12(8-14-3)10(2)13/h4-8H,13H2,1-3H3/b12-10+,14-8?. The average molecular weight is 188 g/mol. The summed E-state index contributed by atoms with van der Waals surface area (Å²) in [5.74, 6) is 0. The Morgan fingerprint density at radius 1 is 1.29 bits per heavy atom. The fourth-order valence-electron chi connectivity index (χ4n) is 1.27. The molecule has 2 N–H and O–H groups in total. The van der Waals surface area contributed by atoms with Crippen LogP contribution in [0.3, 0.4) is 0 Å². The first-order valence-electron chi connectivity index (χ1n) is 4.60. The molecule has 1 aromatic rings. The zero-order valence-corrected chi connectivity index (χ0v) is 8.91. The Labute approximate surface area is 85.2 Å². The zero-order chi connectivity index (χ0) is 10.6. The Kier molecular flexibility index (Phi) is 3.46. The van der Waals surface area contributed by atoms with Crippen LogP contribution in [-0.2, 0) is 0 Å². The fraction of sp³-hybridized carbons (Fsp3) is 0.250. The van der Waals surface area contributed by atoms with Crippen molar-refractivity contribution in [1.82, 2.24) is 0 Å². The summed E-state index contributed by atoms with van der Waals surface area (Å²) in [5.41, 5.74) is 9.92. The number of hydrogen-bond acceptors (Lipinski definition) is 2. The van der Waals surface area contributed by atoms with Gasteiger partial charge in [0, 0.05) is 24.5 Å². The van der Waals surface area contributed by atoms with Gasteiger partial charge in [0.15, 0.2) is 0 Å². The highest BCUT2D eigenvalue weighted by atomic mass is 14.6. The first kappa shape index (κ1) is 10.5. The van der Waals surface area contributed by atoms with Crippen LogP contribution < -0.4 is 5.73 Å². The summed E-state index contributed by atoms with van der Waals surface area (Å²) in [6.07, 6.45) is 1.79. The lowest BCUT2D eigenvalue weighted by Gasteiger charge is -2.04. The predicted octanol–water partition coefficient (Wildman–Crippen LogP) is 2.39. The lowest BCUT2D eigenvalue weighted by Crippen LogP contribution is -1.99. The normalized spacial score (nSPS) is 13.1. The molecule has 0 aliphatic carbocycles. The summed E-state index contributed by atoms with van der Waals surface area (Å²) in [6.45, 7) is 3.95. The number of hydrogen-bond donors (Lipinski definition) is 1. The molecule has 74 valence electrons. The maximum Gasteiger partial charge on any atom is 0.0304 e. The van der Waals surface area contributed by atoms with Gasteiger partial charge in [0.1, 0.15) is 0 Å². The van der Waals surface area contributed by atoms with Gasteiger partial charge in [-0.1, -0.05) is 29.8 Å². The maximum absolute atomic E-state index is 5.78. The van der Waals surface area contributed by atoms with E-state index < -0.39 is 0 Å². The van der Waals surface area contributed by atoms with E-state index in [4.69, 9.17) is 5.73 Å². The van der Waals surface area contributed by atoms with E-state index in [1.807, 2.05) is 6.92 Å². The van der Waals surface area contributed by atoms with Crippen LogP contribution >= 0.6 is 0 Å². The second-order valence-corrected chi connectivity index (χ2v) is 3.35. The van der Waals surface area contributed by atoms with E-state index in [-0.39, 0.29) is 0 Å². The van der Waals surface area contributed by atoms with Gasteiger partial charge in [0.25, 0.3) is 0 Å². The second-order valence-electron chi connectivity index (χ2n) is 3.35. The van der Waals surface area contributed by atoms with E-state index in [0.29, 0.717) is 0 Å². The Morgan fingerprint density at radius 3 is 2.29 bits per heavy atom. The molecule has 0 amide bonds. The summed E-state index contributed by atoms with van der Waals surface area (Å²) in [5, 5.41) is 0. The molecular formula is C12H16N2. The third-order valence-corrected chi connectivity index (χ3v) is 2.05. The van der Waals surface area contributed by atoms with Crippen molar-refractivity contribution in [1.29, 1.82) is 0 Å². The Morgan fingerprint density at radius 2 is 1.86 bits per heavy atom. The molecule has 0 atom stereocenters. The van der Waals surface area contributed by atoms with Crippen molar-refractivity contribution in [3.8, 4) is 0 Å². The first-order valence-corrected chi connectivity index (χ1v) is 4.60. The molecule has 0 bridgehead atoms. The van der Waals surface area contributed by atoms with Crippen LogP contribution in [0.15, 0.2) is 35.0 Å². The van der Waals surface area contributed by atoms with Gasteiger partial charge in [-0.3, -0.25) is 4.99 Å². The molecule has 0 fully saturated rings. The minimum Gasteiger partial charge on any atom is -0.402 e.